The molecule has 0 unspecified atom stereocenters. The summed E-state index contributed by atoms with van der Waals surface area (Å²) in [5.41, 5.74) is 8.60. The van der Waals surface area contributed by atoms with E-state index in [1.165, 1.54) is 6.07 Å². The van der Waals surface area contributed by atoms with Gasteiger partial charge in [0.05, 0.1) is 24.5 Å². The Bertz CT molecular complexity index is 416. The molecule has 1 heterocycles. The number of para-hydroxylation sites is 1. The van der Waals surface area contributed by atoms with Crippen molar-refractivity contribution in [3.63, 3.8) is 0 Å². The monoisotopic (exact) mass is 237 g/mol. The summed E-state index contributed by atoms with van der Waals surface area (Å²) < 4.78 is 5.17. The van der Waals surface area contributed by atoms with Crippen molar-refractivity contribution in [1.82, 2.24) is 10.4 Å². The third-order valence-corrected chi connectivity index (χ3v) is 2.58. The maximum Gasteiger partial charge on any atom is 0.269 e. The van der Waals surface area contributed by atoms with Crippen LogP contribution < -0.4 is 11.2 Å². The first kappa shape index (κ1) is 11.7. The van der Waals surface area contributed by atoms with E-state index in [1.807, 2.05) is 0 Å². The molecule has 1 aliphatic heterocycles. The zero-order valence-electron chi connectivity index (χ0n) is 9.35. The standard InChI is InChI=1S/C11H15N3O3/c12-9-3-1-2-8(10(9)15)11(16)13-14-4-6-17-7-5-14/h1-3,15H,4-7,12H2,(H,13,16). The second-order valence-electron chi connectivity index (χ2n) is 3.78. The van der Waals surface area contributed by atoms with E-state index in [9.17, 15) is 9.90 Å². The first-order chi connectivity index (χ1) is 8.18. The summed E-state index contributed by atoms with van der Waals surface area (Å²) in [5.74, 6) is -0.546. The molecule has 0 aromatic heterocycles. The van der Waals surface area contributed by atoms with Crippen molar-refractivity contribution in [3.8, 4) is 5.75 Å². The van der Waals surface area contributed by atoms with E-state index in [0.29, 0.717) is 26.3 Å². The Labute approximate surface area is 98.9 Å². The number of rotatable bonds is 2. The molecule has 1 aromatic rings. The number of carbonyl (C=O) groups is 1. The fourth-order valence-corrected chi connectivity index (χ4v) is 1.62. The lowest BCUT2D eigenvalue weighted by Crippen LogP contribution is -2.48. The molecular weight excluding hydrogens is 222 g/mol. The summed E-state index contributed by atoms with van der Waals surface area (Å²) >= 11 is 0. The van der Waals surface area contributed by atoms with Gasteiger partial charge in [-0.2, -0.15) is 0 Å². The highest BCUT2D eigenvalue weighted by Crippen LogP contribution is 2.24. The molecule has 17 heavy (non-hydrogen) atoms. The maximum atomic E-state index is 11.9. The number of carbonyl (C=O) groups excluding carboxylic acids is 1. The highest BCUT2D eigenvalue weighted by atomic mass is 16.5. The van der Waals surface area contributed by atoms with E-state index in [2.05, 4.69) is 5.43 Å². The van der Waals surface area contributed by atoms with Crippen LogP contribution >= 0.6 is 0 Å². The lowest BCUT2D eigenvalue weighted by atomic mass is 10.1. The molecule has 6 heteroatoms. The van der Waals surface area contributed by atoms with Crippen molar-refractivity contribution in [1.29, 1.82) is 0 Å². The number of nitrogens with zero attached hydrogens (tertiary/aromatic N) is 1. The second-order valence-corrected chi connectivity index (χ2v) is 3.78. The lowest BCUT2D eigenvalue weighted by molar-refractivity contribution is 0.0125. The third kappa shape index (κ3) is 2.66. The molecule has 0 saturated carbocycles. The number of benzene rings is 1. The average Bonchev–Trinajstić information content (AvgIpc) is 2.34. The fraction of sp³-hybridized carbons (Fsp3) is 0.364. The first-order valence-electron chi connectivity index (χ1n) is 5.39. The van der Waals surface area contributed by atoms with Crippen LogP contribution in [-0.2, 0) is 4.74 Å². The Hall–Kier alpha value is -1.79. The van der Waals surface area contributed by atoms with Crippen molar-refractivity contribution >= 4 is 11.6 Å². The number of ether oxygens (including phenoxy) is 1. The fourth-order valence-electron chi connectivity index (χ4n) is 1.62. The minimum absolute atomic E-state index is 0.177. The van der Waals surface area contributed by atoms with Crippen LogP contribution in [0.5, 0.6) is 5.75 Å². The van der Waals surface area contributed by atoms with Crippen molar-refractivity contribution in [2.24, 2.45) is 0 Å². The highest BCUT2D eigenvalue weighted by molar-refractivity contribution is 5.98. The van der Waals surface area contributed by atoms with E-state index < -0.39 is 0 Å². The largest absolute Gasteiger partial charge is 0.505 e. The van der Waals surface area contributed by atoms with Gasteiger partial charge in [0, 0.05) is 13.1 Å². The SMILES string of the molecule is Nc1cccc(C(=O)NN2CCOCC2)c1O. The number of nitrogens with one attached hydrogen (secondary N) is 1. The predicted octanol–water partition coefficient (Wildman–Crippen LogP) is -0.0486. The number of hydrogen-bond donors (Lipinski definition) is 3. The minimum Gasteiger partial charge on any atom is -0.505 e. The van der Waals surface area contributed by atoms with Crippen LogP contribution in [0.2, 0.25) is 0 Å². The molecule has 2 rings (SSSR count). The smallest absolute Gasteiger partial charge is 0.269 e. The minimum atomic E-state index is -0.364. The highest BCUT2D eigenvalue weighted by Gasteiger charge is 2.17. The number of amides is 1. The average molecular weight is 237 g/mol. The lowest BCUT2D eigenvalue weighted by Gasteiger charge is -2.27. The van der Waals surface area contributed by atoms with Gasteiger partial charge in [0.15, 0.2) is 5.75 Å². The summed E-state index contributed by atoms with van der Waals surface area (Å²) in [6.07, 6.45) is 0. The number of nitrogen functional groups attached to an aromatic ring is 1. The number of hydrazine groups is 1. The van der Waals surface area contributed by atoms with Gasteiger partial charge in [-0.3, -0.25) is 10.2 Å². The zero-order chi connectivity index (χ0) is 12.3. The van der Waals surface area contributed by atoms with Gasteiger partial charge in [0.1, 0.15) is 0 Å². The summed E-state index contributed by atoms with van der Waals surface area (Å²) in [6.45, 7) is 2.44. The Morgan fingerprint density at radius 1 is 1.41 bits per heavy atom. The Morgan fingerprint density at radius 3 is 2.82 bits per heavy atom. The summed E-state index contributed by atoms with van der Waals surface area (Å²) in [4.78, 5) is 11.9. The maximum absolute atomic E-state index is 11.9. The van der Waals surface area contributed by atoms with Crippen LogP contribution in [0.1, 0.15) is 10.4 Å². The number of anilines is 1. The molecule has 1 amide bonds. The van der Waals surface area contributed by atoms with Gasteiger partial charge >= 0.3 is 0 Å². The molecule has 0 spiro atoms. The Balaban J connectivity index is 2.06. The van der Waals surface area contributed by atoms with Gasteiger partial charge in [0.2, 0.25) is 0 Å². The van der Waals surface area contributed by atoms with Crippen molar-refractivity contribution in [2.45, 2.75) is 0 Å². The molecule has 1 fully saturated rings. The van der Waals surface area contributed by atoms with Gasteiger partial charge in [0.25, 0.3) is 5.91 Å². The molecule has 1 saturated heterocycles. The topological polar surface area (TPSA) is 87.8 Å². The van der Waals surface area contributed by atoms with Crippen LogP contribution in [0, 0.1) is 0 Å². The molecule has 4 N–H and O–H groups in total. The van der Waals surface area contributed by atoms with Gasteiger partial charge in [-0.1, -0.05) is 6.07 Å². The summed E-state index contributed by atoms with van der Waals surface area (Å²) in [7, 11) is 0. The molecule has 0 bridgehead atoms. The quantitative estimate of drug-likeness (QED) is 0.496. The number of morpholine rings is 1. The summed E-state index contributed by atoms with van der Waals surface area (Å²) in [6, 6.07) is 4.70. The van der Waals surface area contributed by atoms with Crippen LogP contribution in [-0.4, -0.2) is 42.3 Å². The number of aromatic hydroxyl groups is 1. The molecule has 0 radical (unpaired) electrons. The van der Waals surface area contributed by atoms with Gasteiger partial charge in [-0.15, -0.1) is 0 Å². The van der Waals surface area contributed by atoms with Crippen LogP contribution in [0.25, 0.3) is 0 Å². The molecule has 6 nitrogen and oxygen atoms in total. The van der Waals surface area contributed by atoms with Crippen LogP contribution in [0.3, 0.4) is 0 Å². The van der Waals surface area contributed by atoms with E-state index in [-0.39, 0.29) is 22.9 Å². The van der Waals surface area contributed by atoms with Crippen molar-refractivity contribution < 1.29 is 14.6 Å². The molecule has 92 valence electrons. The van der Waals surface area contributed by atoms with Crippen LogP contribution in [0.15, 0.2) is 18.2 Å². The summed E-state index contributed by atoms with van der Waals surface area (Å²) in [5, 5.41) is 11.4. The molecule has 1 aliphatic rings. The normalized spacial score (nSPS) is 16.7. The number of nitrogens with two attached hydrogens (primary N) is 1. The van der Waals surface area contributed by atoms with Crippen LogP contribution in [0.4, 0.5) is 5.69 Å². The molecule has 0 aliphatic carbocycles. The first-order valence-corrected chi connectivity index (χ1v) is 5.39. The molecule has 1 aromatic carbocycles. The molecular formula is C11H15N3O3. The van der Waals surface area contributed by atoms with Gasteiger partial charge in [-0.05, 0) is 12.1 Å². The number of hydrogen-bond acceptors (Lipinski definition) is 5. The van der Waals surface area contributed by atoms with Crippen molar-refractivity contribution in [2.75, 3.05) is 32.0 Å². The Morgan fingerprint density at radius 2 is 2.12 bits per heavy atom. The van der Waals surface area contributed by atoms with E-state index in [4.69, 9.17) is 10.5 Å². The van der Waals surface area contributed by atoms with E-state index in [1.54, 1.807) is 17.1 Å². The zero-order valence-corrected chi connectivity index (χ0v) is 9.35. The predicted molar refractivity (Wildman–Crippen MR) is 62.4 cm³/mol. The third-order valence-electron chi connectivity index (χ3n) is 2.58. The van der Waals surface area contributed by atoms with Crippen molar-refractivity contribution in [3.05, 3.63) is 23.8 Å². The van der Waals surface area contributed by atoms with Gasteiger partial charge in [-0.25, -0.2) is 5.01 Å². The Kier molecular flexibility index (Phi) is 3.46. The molecule has 0 atom stereocenters. The van der Waals surface area contributed by atoms with E-state index >= 15 is 0 Å². The van der Waals surface area contributed by atoms with E-state index in [0.717, 1.165) is 0 Å². The second kappa shape index (κ2) is 5.03. The number of phenols is 1. The number of phenolic OH excluding ortho intramolecular Hbond substituents is 1. The van der Waals surface area contributed by atoms with Gasteiger partial charge < -0.3 is 15.6 Å².